The van der Waals surface area contributed by atoms with E-state index >= 15 is 0 Å². The van der Waals surface area contributed by atoms with Crippen LogP contribution in [0.5, 0.6) is 0 Å². The lowest BCUT2D eigenvalue weighted by Gasteiger charge is -2.34. The second-order valence-electron chi connectivity index (χ2n) is 4.99. The van der Waals surface area contributed by atoms with E-state index in [0.29, 0.717) is 17.7 Å². The van der Waals surface area contributed by atoms with Crippen LogP contribution in [-0.4, -0.2) is 29.2 Å². The number of nitrogens with zero attached hydrogens (tertiary/aromatic N) is 1. The number of halogens is 1. The van der Waals surface area contributed by atoms with Gasteiger partial charge in [-0.05, 0) is 24.7 Å². The highest BCUT2D eigenvalue weighted by Gasteiger charge is 2.27. The van der Waals surface area contributed by atoms with Crippen LogP contribution < -0.4 is 0 Å². The maximum Gasteiger partial charge on any atom is 0.225 e. The van der Waals surface area contributed by atoms with E-state index in [1.54, 1.807) is 0 Å². The van der Waals surface area contributed by atoms with E-state index in [9.17, 15) is 4.79 Å². The van der Waals surface area contributed by atoms with Gasteiger partial charge in [0.1, 0.15) is 0 Å². The minimum Gasteiger partial charge on any atom is -0.342 e. The highest BCUT2D eigenvalue weighted by molar-refractivity contribution is 9.09. The zero-order valence-corrected chi connectivity index (χ0v) is 11.6. The number of hydrogen-bond donors (Lipinski definition) is 0. The fourth-order valence-electron chi connectivity index (χ4n) is 2.04. The first-order chi connectivity index (χ1) is 7.06. The Balaban J connectivity index is 2.52. The van der Waals surface area contributed by atoms with E-state index in [1.807, 2.05) is 6.92 Å². The van der Waals surface area contributed by atoms with Gasteiger partial charge in [-0.1, -0.05) is 36.7 Å². The predicted molar refractivity (Wildman–Crippen MR) is 67.1 cm³/mol. The van der Waals surface area contributed by atoms with Gasteiger partial charge in [0.15, 0.2) is 0 Å². The number of likely N-dealkylation sites (tertiary alicyclic amines) is 1. The molecule has 0 radical (unpaired) electrons. The van der Waals surface area contributed by atoms with Crippen LogP contribution in [0.3, 0.4) is 0 Å². The summed E-state index contributed by atoms with van der Waals surface area (Å²) in [6.07, 6.45) is 2.23. The molecule has 0 N–H and O–H groups in total. The summed E-state index contributed by atoms with van der Waals surface area (Å²) in [5, 5.41) is 0.989. The van der Waals surface area contributed by atoms with Gasteiger partial charge in [-0.15, -0.1) is 0 Å². The zero-order chi connectivity index (χ0) is 11.4. The first kappa shape index (κ1) is 13.0. The third-order valence-electron chi connectivity index (χ3n) is 3.39. The molecular formula is C12H22BrNO. The van der Waals surface area contributed by atoms with E-state index in [2.05, 4.69) is 34.7 Å². The van der Waals surface area contributed by atoms with E-state index in [4.69, 9.17) is 0 Å². The summed E-state index contributed by atoms with van der Waals surface area (Å²) in [7, 11) is 0. The Morgan fingerprint density at radius 3 is 2.73 bits per heavy atom. The van der Waals surface area contributed by atoms with Gasteiger partial charge in [0.2, 0.25) is 5.91 Å². The van der Waals surface area contributed by atoms with E-state index in [-0.39, 0.29) is 5.92 Å². The summed E-state index contributed by atoms with van der Waals surface area (Å²) < 4.78 is 0. The van der Waals surface area contributed by atoms with Gasteiger partial charge < -0.3 is 4.90 Å². The number of amides is 1. The molecule has 0 spiro atoms. The van der Waals surface area contributed by atoms with Gasteiger partial charge in [0, 0.05) is 24.3 Å². The van der Waals surface area contributed by atoms with Crippen molar-refractivity contribution in [2.24, 2.45) is 17.8 Å². The minimum absolute atomic E-state index is 0.238. The third kappa shape index (κ3) is 3.47. The van der Waals surface area contributed by atoms with Crippen molar-refractivity contribution in [1.29, 1.82) is 0 Å². The molecule has 88 valence electrons. The highest BCUT2D eigenvalue weighted by atomic mass is 79.9. The molecule has 3 heteroatoms. The first-order valence-corrected chi connectivity index (χ1v) is 7.03. The van der Waals surface area contributed by atoms with E-state index < -0.39 is 0 Å². The molecule has 0 bridgehead atoms. The minimum atomic E-state index is 0.238. The molecule has 0 aromatic carbocycles. The van der Waals surface area contributed by atoms with Crippen LogP contribution in [0.1, 0.15) is 33.6 Å². The summed E-state index contributed by atoms with van der Waals surface area (Å²) in [4.78, 5) is 14.0. The van der Waals surface area contributed by atoms with Gasteiger partial charge in [-0.25, -0.2) is 0 Å². The average Bonchev–Trinajstić information content (AvgIpc) is 2.19. The molecule has 1 fully saturated rings. The summed E-state index contributed by atoms with van der Waals surface area (Å²) in [6.45, 7) is 8.38. The second-order valence-corrected chi connectivity index (χ2v) is 5.63. The van der Waals surface area contributed by atoms with Crippen LogP contribution in [-0.2, 0) is 4.79 Å². The summed E-state index contributed by atoms with van der Waals surface area (Å²) in [5.74, 6) is 1.81. The molecule has 0 saturated carbocycles. The molecule has 0 aromatic rings. The van der Waals surface area contributed by atoms with E-state index in [1.165, 1.54) is 6.42 Å². The van der Waals surface area contributed by atoms with Crippen LogP contribution in [0.25, 0.3) is 0 Å². The number of hydrogen-bond acceptors (Lipinski definition) is 1. The molecule has 0 aliphatic carbocycles. The molecular weight excluding hydrogens is 254 g/mol. The number of carbonyl (C=O) groups excluding carboxylic acids is 1. The van der Waals surface area contributed by atoms with Gasteiger partial charge in [0.05, 0.1) is 0 Å². The molecule has 0 aromatic heterocycles. The molecule has 1 saturated heterocycles. The molecule has 1 amide bonds. The van der Waals surface area contributed by atoms with Crippen molar-refractivity contribution in [3.63, 3.8) is 0 Å². The fraction of sp³-hybridized carbons (Fsp3) is 0.917. The zero-order valence-electron chi connectivity index (χ0n) is 10.0. The average molecular weight is 276 g/mol. The van der Waals surface area contributed by atoms with Gasteiger partial charge in [0.25, 0.3) is 0 Å². The number of piperidine rings is 1. The normalized spacial score (nSPS) is 24.7. The molecule has 1 heterocycles. The maximum atomic E-state index is 11.9. The largest absolute Gasteiger partial charge is 0.342 e. The molecule has 1 aliphatic heterocycles. The van der Waals surface area contributed by atoms with Gasteiger partial charge in [-0.3, -0.25) is 4.79 Å². The topological polar surface area (TPSA) is 20.3 Å². The Labute approximate surface area is 102 Å². The Kier molecular flexibility index (Phi) is 5.10. The van der Waals surface area contributed by atoms with Crippen LogP contribution in [0, 0.1) is 17.8 Å². The first-order valence-electron chi connectivity index (χ1n) is 5.91. The van der Waals surface area contributed by atoms with Crippen molar-refractivity contribution in [3.05, 3.63) is 0 Å². The molecule has 2 nitrogen and oxygen atoms in total. The summed E-state index contributed by atoms with van der Waals surface area (Å²) in [6, 6.07) is 0. The molecule has 15 heavy (non-hydrogen) atoms. The van der Waals surface area contributed by atoms with Crippen LogP contribution in [0.2, 0.25) is 0 Å². The van der Waals surface area contributed by atoms with Crippen molar-refractivity contribution < 1.29 is 4.79 Å². The van der Waals surface area contributed by atoms with Crippen molar-refractivity contribution in [2.45, 2.75) is 33.6 Å². The van der Waals surface area contributed by atoms with Crippen LogP contribution >= 0.6 is 15.9 Å². The lowest BCUT2D eigenvalue weighted by molar-refractivity contribution is -0.138. The summed E-state index contributed by atoms with van der Waals surface area (Å²) in [5.41, 5.74) is 0. The fourth-order valence-corrected chi connectivity index (χ4v) is 2.99. The molecule has 2 unspecified atom stereocenters. The lowest BCUT2D eigenvalue weighted by atomic mass is 9.94. The molecule has 2 atom stereocenters. The Morgan fingerprint density at radius 2 is 2.20 bits per heavy atom. The van der Waals surface area contributed by atoms with Crippen molar-refractivity contribution in [2.75, 3.05) is 18.4 Å². The Morgan fingerprint density at radius 1 is 1.53 bits per heavy atom. The maximum absolute atomic E-state index is 11.9. The SMILES string of the molecule is CC1CCCN(CC(CBr)C(C)C)C1=O. The smallest absolute Gasteiger partial charge is 0.225 e. The van der Waals surface area contributed by atoms with Crippen molar-refractivity contribution in [3.8, 4) is 0 Å². The molecule has 1 aliphatic rings. The van der Waals surface area contributed by atoms with E-state index in [0.717, 1.165) is 24.8 Å². The number of carbonyl (C=O) groups is 1. The second kappa shape index (κ2) is 5.88. The Hall–Kier alpha value is -0.0500. The van der Waals surface area contributed by atoms with Crippen LogP contribution in [0.4, 0.5) is 0 Å². The third-order valence-corrected chi connectivity index (χ3v) is 4.23. The number of rotatable bonds is 4. The van der Waals surface area contributed by atoms with Crippen molar-refractivity contribution in [1.82, 2.24) is 4.90 Å². The molecule has 1 rings (SSSR count). The Bertz CT molecular complexity index is 218. The monoisotopic (exact) mass is 275 g/mol. The van der Waals surface area contributed by atoms with Crippen LogP contribution in [0.15, 0.2) is 0 Å². The highest BCUT2D eigenvalue weighted by Crippen LogP contribution is 2.21. The number of alkyl halides is 1. The predicted octanol–water partition coefficient (Wildman–Crippen LogP) is 2.91. The van der Waals surface area contributed by atoms with Gasteiger partial charge in [-0.2, -0.15) is 0 Å². The quantitative estimate of drug-likeness (QED) is 0.723. The summed E-state index contributed by atoms with van der Waals surface area (Å²) >= 11 is 3.54. The van der Waals surface area contributed by atoms with Crippen molar-refractivity contribution >= 4 is 21.8 Å². The standard InChI is InChI=1S/C12H22BrNO/c1-9(2)11(7-13)8-14-6-4-5-10(3)12(14)15/h9-11H,4-8H2,1-3H3. The lowest BCUT2D eigenvalue weighted by Crippen LogP contribution is -2.43. The van der Waals surface area contributed by atoms with Gasteiger partial charge >= 0.3 is 0 Å².